The number of carbonyl (C=O) groups excluding carboxylic acids is 1. The number of aryl methyl sites for hydroxylation is 1. The van der Waals surface area contributed by atoms with Crippen LogP contribution in [-0.2, 0) is 4.79 Å². The summed E-state index contributed by atoms with van der Waals surface area (Å²) in [7, 11) is 0. The van der Waals surface area contributed by atoms with Crippen molar-refractivity contribution in [1.29, 1.82) is 0 Å². The van der Waals surface area contributed by atoms with Gasteiger partial charge in [0.1, 0.15) is 5.82 Å². The minimum absolute atomic E-state index is 0.0755. The Morgan fingerprint density at radius 2 is 2.10 bits per heavy atom. The largest absolute Gasteiger partial charge is 0.384 e. The number of hydrogen-bond acceptors (Lipinski definition) is 2. The zero-order valence-corrected chi connectivity index (χ0v) is 11.1. The van der Waals surface area contributed by atoms with E-state index in [2.05, 4.69) is 10.6 Å². The molecule has 0 aliphatic carbocycles. The zero-order valence-electron chi connectivity index (χ0n) is 11.1. The van der Waals surface area contributed by atoms with Crippen LogP contribution in [0.4, 0.5) is 15.8 Å². The van der Waals surface area contributed by atoms with E-state index in [0.717, 1.165) is 11.3 Å². The summed E-state index contributed by atoms with van der Waals surface area (Å²) in [5.41, 5.74) is 3.15. The first-order valence-electron chi connectivity index (χ1n) is 6.55. The smallest absolute Gasteiger partial charge is 0.233 e. The zero-order chi connectivity index (χ0) is 14.1. The van der Waals surface area contributed by atoms with Crippen LogP contribution < -0.4 is 10.6 Å². The Bertz CT molecular complexity index is 669. The van der Waals surface area contributed by atoms with Crippen LogP contribution in [0.2, 0.25) is 0 Å². The van der Waals surface area contributed by atoms with E-state index in [-0.39, 0.29) is 17.6 Å². The van der Waals surface area contributed by atoms with Gasteiger partial charge in [-0.25, -0.2) is 4.39 Å². The van der Waals surface area contributed by atoms with Crippen LogP contribution in [0.5, 0.6) is 0 Å². The number of hydrogen-bond donors (Lipinski definition) is 2. The number of nitrogens with one attached hydrogen (secondary N) is 2. The summed E-state index contributed by atoms with van der Waals surface area (Å²) >= 11 is 0. The number of rotatable bonds is 2. The first-order chi connectivity index (χ1) is 9.65. The summed E-state index contributed by atoms with van der Waals surface area (Å²) in [6, 6.07) is 12.4. The molecule has 0 saturated carbocycles. The van der Waals surface area contributed by atoms with Crippen molar-refractivity contribution in [1.82, 2.24) is 0 Å². The Morgan fingerprint density at radius 3 is 2.90 bits per heavy atom. The summed E-state index contributed by atoms with van der Waals surface area (Å²) in [5, 5.41) is 6.06. The van der Waals surface area contributed by atoms with E-state index in [9.17, 15) is 9.18 Å². The molecule has 0 saturated heterocycles. The maximum Gasteiger partial charge on any atom is 0.233 e. The molecule has 102 valence electrons. The average molecular weight is 270 g/mol. The van der Waals surface area contributed by atoms with Gasteiger partial charge in [0.25, 0.3) is 0 Å². The minimum Gasteiger partial charge on any atom is -0.384 e. The number of benzene rings is 2. The van der Waals surface area contributed by atoms with Crippen molar-refractivity contribution >= 4 is 17.3 Å². The fraction of sp³-hybridized carbons (Fsp3) is 0.188. The highest BCUT2D eigenvalue weighted by Gasteiger charge is 2.28. The molecule has 3 rings (SSSR count). The van der Waals surface area contributed by atoms with Gasteiger partial charge < -0.3 is 10.6 Å². The monoisotopic (exact) mass is 270 g/mol. The van der Waals surface area contributed by atoms with Crippen molar-refractivity contribution in [3.8, 4) is 0 Å². The molecule has 0 fully saturated rings. The molecule has 20 heavy (non-hydrogen) atoms. The lowest BCUT2D eigenvalue weighted by atomic mass is 10.0. The molecular weight excluding hydrogens is 255 g/mol. The predicted molar refractivity (Wildman–Crippen MR) is 77.4 cm³/mol. The molecule has 2 N–H and O–H groups in total. The molecule has 4 heteroatoms. The first-order valence-corrected chi connectivity index (χ1v) is 6.55. The van der Waals surface area contributed by atoms with Crippen LogP contribution in [0.1, 0.15) is 17.0 Å². The second kappa shape index (κ2) is 4.96. The van der Waals surface area contributed by atoms with Gasteiger partial charge in [-0.3, -0.25) is 4.79 Å². The summed E-state index contributed by atoms with van der Waals surface area (Å²) in [6.07, 6.45) is 0. The van der Waals surface area contributed by atoms with Crippen LogP contribution in [-0.4, -0.2) is 12.5 Å². The normalized spacial score (nSPS) is 16.4. The van der Waals surface area contributed by atoms with E-state index in [0.29, 0.717) is 17.8 Å². The van der Waals surface area contributed by atoms with E-state index in [4.69, 9.17) is 0 Å². The fourth-order valence-corrected chi connectivity index (χ4v) is 2.47. The Labute approximate surface area is 116 Å². The van der Waals surface area contributed by atoms with Crippen LogP contribution in [0, 0.1) is 12.7 Å². The molecule has 1 heterocycles. The Kier molecular flexibility index (Phi) is 3.14. The molecule has 1 aliphatic heterocycles. The summed E-state index contributed by atoms with van der Waals surface area (Å²) in [5.74, 6) is -0.555. The third kappa shape index (κ3) is 2.25. The second-order valence-electron chi connectivity index (χ2n) is 4.97. The topological polar surface area (TPSA) is 41.1 Å². The Hall–Kier alpha value is -2.36. The van der Waals surface area contributed by atoms with Gasteiger partial charge in [0.05, 0.1) is 5.92 Å². The maximum atomic E-state index is 13.2. The van der Waals surface area contributed by atoms with Gasteiger partial charge in [0.15, 0.2) is 0 Å². The van der Waals surface area contributed by atoms with Crippen molar-refractivity contribution in [2.45, 2.75) is 12.8 Å². The lowest BCUT2D eigenvalue weighted by Crippen LogP contribution is -2.22. The molecule has 0 aromatic heterocycles. The standard InChI is InChI=1S/C16H15FN2O/c1-10-8-11(6-7-14(10)17)19-16(20)13-9-18-15-5-3-2-4-12(13)15/h2-8,13,18H,9H2,1H3,(H,19,20). The SMILES string of the molecule is Cc1cc(NC(=O)C2CNc3ccccc32)ccc1F. The van der Waals surface area contributed by atoms with Crippen LogP contribution in [0.15, 0.2) is 42.5 Å². The third-order valence-corrected chi connectivity index (χ3v) is 3.57. The number of carbonyl (C=O) groups is 1. The highest BCUT2D eigenvalue weighted by atomic mass is 19.1. The molecular formula is C16H15FN2O. The first kappa shape index (κ1) is 12.7. The second-order valence-corrected chi connectivity index (χ2v) is 4.97. The molecule has 1 amide bonds. The van der Waals surface area contributed by atoms with Gasteiger partial charge in [-0.15, -0.1) is 0 Å². The van der Waals surface area contributed by atoms with Crippen molar-refractivity contribution in [2.24, 2.45) is 0 Å². The highest BCUT2D eigenvalue weighted by Crippen LogP contribution is 2.31. The molecule has 1 unspecified atom stereocenters. The van der Waals surface area contributed by atoms with Crippen molar-refractivity contribution in [2.75, 3.05) is 17.2 Å². The van der Waals surface area contributed by atoms with Gasteiger partial charge >= 0.3 is 0 Å². The fourth-order valence-electron chi connectivity index (χ4n) is 2.47. The van der Waals surface area contributed by atoms with E-state index < -0.39 is 0 Å². The highest BCUT2D eigenvalue weighted by molar-refractivity contribution is 5.98. The molecule has 1 atom stereocenters. The number of para-hydroxylation sites is 1. The van der Waals surface area contributed by atoms with E-state index in [1.165, 1.54) is 6.07 Å². The van der Waals surface area contributed by atoms with Crippen LogP contribution in [0.3, 0.4) is 0 Å². The lowest BCUT2D eigenvalue weighted by molar-refractivity contribution is -0.117. The molecule has 0 spiro atoms. The molecule has 3 nitrogen and oxygen atoms in total. The Balaban J connectivity index is 1.79. The van der Waals surface area contributed by atoms with Crippen molar-refractivity contribution in [3.63, 3.8) is 0 Å². The molecule has 0 radical (unpaired) electrons. The van der Waals surface area contributed by atoms with E-state index in [1.807, 2.05) is 24.3 Å². The van der Waals surface area contributed by atoms with Crippen LogP contribution in [0.25, 0.3) is 0 Å². The quantitative estimate of drug-likeness (QED) is 0.879. The molecule has 0 bridgehead atoms. The van der Waals surface area contributed by atoms with Gasteiger partial charge in [-0.2, -0.15) is 0 Å². The van der Waals surface area contributed by atoms with E-state index >= 15 is 0 Å². The van der Waals surface area contributed by atoms with Crippen LogP contribution >= 0.6 is 0 Å². The Morgan fingerprint density at radius 1 is 1.30 bits per heavy atom. The third-order valence-electron chi connectivity index (χ3n) is 3.57. The summed E-state index contributed by atoms with van der Waals surface area (Å²) < 4.78 is 13.2. The van der Waals surface area contributed by atoms with Crippen molar-refractivity contribution in [3.05, 3.63) is 59.4 Å². The van der Waals surface area contributed by atoms with Gasteiger partial charge in [-0.05, 0) is 42.3 Å². The lowest BCUT2D eigenvalue weighted by Gasteiger charge is -2.12. The molecule has 2 aromatic rings. The minimum atomic E-state index is -0.268. The summed E-state index contributed by atoms with van der Waals surface area (Å²) in [4.78, 5) is 12.3. The number of anilines is 2. The summed E-state index contributed by atoms with van der Waals surface area (Å²) in [6.45, 7) is 2.27. The van der Waals surface area contributed by atoms with Gasteiger partial charge in [0, 0.05) is 17.9 Å². The van der Waals surface area contributed by atoms with Gasteiger partial charge in [-0.1, -0.05) is 18.2 Å². The number of halogens is 1. The maximum absolute atomic E-state index is 13.2. The molecule has 1 aliphatic rings. The molecule has 2 aromatic carbocycles. The number of fused-ring (bicyclic) bond motifs is 1. The van der Waals surface area contributed by atoms with E-state index in [1.54, 1.807) is 19.1 Å². The number of amides is 1. The van der Waals surface area contributed by atoms with Gasteiger partial charge in [0.2, 0.25) is 5.91 Å². The average Bonchev–Trinajstić information content (AvgIpc) is 2.87. The predicted octanol–water partition coefficient (Wildman–Crippen LogP) is 3.28. The van der Waals surface area contributed by atoms with Crippen molar-refractivity contribution < 1.29 is 9.18 Å².